The molecule has 0 aromatic heterocycles. The van der Waals surface area contributed by atoms with Crippen LogP contribution >= 0.6 is 11.6 Å². The van der Waals surface area contributed by atoms with Gasteiger partial charge >= 0.3 is 0 Å². The van der Waals surface area contributed by atoms with Gasteiger partial charge in [-0.25, -0.2) is 0 Å². The molecule has 0 aliphatic rings. The number of anilines is 1. The van der Waals surface area contributed by atoms with E-state index >= 15 is 0 Å². The first-order valence-electron chi connectivity index (χ1n) is 5.71. The minimum absolute atomic E-state index is 0.766. The summed E-state index contributed by atoms with van der Waals surface area (Å²) in [4.78, 5) is 0. The highest BCUT2D eigenvalue weighted by Gasteiger charge is 1.99. The van der Waals surface area contributed by atoms with Crippen LogP contribution < -0.4 is 5.32 Å². The van der Waals surface area contributed by atoms with Gasteiger partial charge in [0.2, 0.25) is 0 Å². The Balaban J connectivity index is 2.09. The minimum Gasteiger partial charge on any atom is -0.381 e. The molecule has 17 heavy (non-hydrogen) atoms. The van der Waals surface area contributed by atoms with Gasteiger partial charge in [-0.1, -0.05) is 47.5 Å². The highest BCUT2D eigenvalue weighted by Crippen LogP contribution is 2.20. The Bertz CT molecular complexity index is 520. The minimum atomic E-state index is 0.766. The topological polar surface area (TPSA) is 12.0 Å². The Kier molecular flexibility index (Phi) is 3.70. The van der Waals surface area contributed by atoms with Gasteiger partial charge in [-0.05, 0) is 37.1 Å². The molecule has 88 valence electrons. The zero-order valence-corrected chi connectivity index (χ0v) is 10.9. The molecule has 0 radical (unpaired) electrons. The number of halogens is 1. The van der Waals surface area contributed by atoms with Gasteiger partial charge in [0, 0.05) is 17.3 Å². The zero-order chi connectivity index (χ0) is 12.3. The van der Waals surface area contributed by atoms with E-state index in [1.54, 1.807) is 0 Å². The fourth-order valence-corrected chi connectivity index (χ4v) is 1.98. The summed E-state index contributed by atoms with van der Waals surface area (Å²) in [6.45, 7) is 5.01. The van der Waals surface area contributed by atoms with Crippen molar-refractivity contribution in [2.75, 3.05) is 5.32 Å². The molecule has 0 heterocycles. The Morgan fingerprint density at radius 1 is 1.06 bits per heavy atom. The van der Waals surface area contributed by atoms with Crippen molar-refractivity contribution in [3.05, 3.63) is 64.2 Å². The SMILES string of the molecule is Cc1cccc(CNc2cc(Cl)ccc2C)c1. The lowest BCUT2D eigenvalue weighted by atomic mass is 10.1. The average Bonchev–Trinajstić information content (AvgIpc) is 2.30. The van der Waals surface area contributed by atoms with Crippen molar-refractivity contribution in [1.82, 2.24) is 0 Å². The Labute approximate surface area is 107 Å². The third kappa shape index (κ3) is 3.24. The number of hydrogen-bond acceptors (Lipinski definition) is 1. The monoisotopic (exact) mass is 245 g/mol. The molecule has 1 nitrogen and oxygen atoms in total. The van der Waals surface area contributed by atoms with Gasteiger partial charge in [0.1, 0.15) is 0 Å². The van der Waals surface area contributed by atoms with E-state index in [-0.39, 0.29) is 0 Å². The number of benzene rings is 2. The summed E-state index contributed by atoms with van der Waals surface area (Å²) >= 11 is 5.98. The first-order chi connectivity index (χ1) is 8.15. The number of aryl methyl sites for hydroxylation is 2. The first kappa shape index (κ1) is 12.0. The van der Waals surface area contributed by atoms with Crippen LogP contribution in [0.4, 0.5) is 5.69 Å². The van der Waals surface area contributed by atoms with Gasteiger partial charge in [-0.15, -0.1) is 0 Å². The molecule has 0 saturated heterocycles. The average molecular weight is 246 g/mol. The molecule has 0 aliphatic carbocycles. The van der Waals surface area contributed by atoms with E-state index in [2.05, 4.69) is 43.4 Å². The van der Waals surface area contributed by atoms with Crippen molar-refractivity contribution in [3.63, 3.8) is 0 Å². The maximum Gasteiger partial charge on any atom is 0.0426 e. The van der Waals surface area contributed by atoms with Crippen LogP contribution in [0.5, 0.6) is 0 Å². The van der Waals surface area contributed by atoms with Gasteiger partial charge in [0.05, 0.1) is 0 Å². The summed E-state index contributed by atoms with van der Waals surface area (Å²) in [6, 6.07) is 14.4. The van der Waals surface area contributed by atoms with E-state index in [1.165, 1.54) is 16.7 Å². The second kappa shape index (κ2) is 5.24. The second-order valence-electron chi connectivity index (χ2n) is 4.30. The van der Waals surface area contributed by atoms with Crippen LogP contribution in [-0.4, -0.2) is 0 Å². The van der Waals surface area contributed by atoms with E-state index < -0.39 is 0 Å². The van der Waals surface area contributed by atoms with Gasteiger partial charge in [0.25, 0.3) is 0 Å². The highest BCUT2D eigenvalue weighted by molar-refractivity contribution is 6.30. The standard InChI is InChI=1S/C15H16ClN/c1-11-4-3-5-13(8-11)10-17-15-9-14(16)7-6-12(15)2/h3-9,17H,10H2,1-2H3. The van der Waals surface area contributed by atoms with E-state index in [0.717, 1.165) is 17.3 Å². The van der Waals surface area contributed by atoms with Crippen molar-refractivity contribution in [1.29, 1.82) is 0 Å². The Morgan fingerprint density at radius 3 is 2.65 bits per heavy atom. The largest absolute Gasteiger partial charge is 0.381 e. The second-order valence-corrected chi connectivity index (χ2v) is 4.74. The Morgan fingerprint density at radius 2 is 1.88 bits per heavy atom. The third-order valence-corrected chi connectivity index (χ3v) is 3.00. The van der Waals surface area contributed by atoms with E-state index in [9.17, 15) is 0 Å². The fourth-order valence-electron chi connectivity index (χ4n) is 1.80. The number of rotatable bonds is 3. The molecule has 0 aliphatic heterocycles. The summed E-state index contributed by atoms with van der Waals surface area (Å²) in [7, 11) is 0. The lowest BCUT2D eigenvalue weighted by Crippen LogP contribution is -2.01. The lowest BCUT2D eigenvalue weighted by molar-refractivity contribution is 1.13. The summed E-state index contributed by atoms with van der Waals surface area (Å²) in [6.07, 6.45) is 0. The maximum atomic E-state index is 5.98. The van der Waals surface area contributed by atoms with E-state index in [4.69, 9.17) is 11.6 Å². The molecule has 2 aromatic carbocycles. The molecule has 0 spiro atoms. The summed E-state index contributed by atoms with van der Waals surface area (Å²) < 4.78 is 0. The highest BCUT2D eigenvalue weighted by atomic mass is 35.5. The van der Waals surface area contributed by atoms with E-state index in [1.807, 2.05) is 18.2 Å². The fraction of sp³-hybridized carbons (Fsp3) is 0.200. The third-order valence-electron chi connectivity index (χ3n) is 2.77. The number of nitrogens with one attached hydrogen (secondary N) is 1. The quantitative estimate of drug-likeness (QED) is 0.835. The molecule has 0 bridgehead atoms. The molecule has 2 rings (SSSR count). The predicted octanol–water partition coefficient (Wildman–Crippen LogP) is 4.57. The van der Waals surface area contributed by atoms with Crippen LogP contribution in [0.3, 0.4) is 0 Å². The first-order valence-corrected chi connectivity index (χ1v) is 6.08. The number of hydrogen-bond donors (Lipinski definition) is 1. The van der Waals surface area contributed by atoms with Crippen LogP contribution in [0.1, 0.15) is 16.7 Å². The van der Waals surface area contributed by atoms with Crippen molar-refractivity contribution < 1.29 is 0 Å². The summed E-state index contributed by atoms with van der Waals surface area (Å²) in [5.41, 5.74) is 4.87. The van der Waals surface area contributed by atoms with Crippen LogP contribution in [0, 0.1) is 13.8 Å². The van der Waals surface area contributed by atoms with Crippen LogP contribution in [0.25, 0.3) is 0 Å². The maximum absolute atomic E-state index is 5.98. The van der Waals surface area contributed by atoms with Crippen LogP contribution in [-0.2, 0) is 6.54 Å². The zero-order valence-electron chi connectivity index (χ0n) is 10.1. The van der Waals surface area contributed by atoms with Crippen molar-refractivity contribution in [2.24, 2.45) is 0 Å². The van der Waals surface area contributed by atoms with Gasteiger partial charge in [0.15, 0.2) is 0 Å². The summed E-state index contributed by atoms with van der Waals surface area (Å²) in [5.74, 6) is 0. The molecule has 1 N–H and O–H groups in total. The molecule has 2 aromatic rings. The normalized spacial score (nSPS) is 10.3. The predicted molar refractivity (Wildman–Crippen MR) is 74.7 cm³/mol. The van der Waals surface area contributed by atoms with Gasteiger partial charge in [-0.2, -0.15) is 0 Å². The van der Waals surface area contributed by atoms with Crippen molar-refractivity contribution in [2.45, 2.75) is 20.4 Å². The molecule has 0 saturated carbocycles. The van der Waals surface area contributed by atoms with Crippen LogP contribution in [0.15, 0.2) is 42.5 Å². The smallest absolute Gasteiger partial charge is 0.0426 e. The lowest BCUT2D eigenvalue weighted by Gasteiger charge is -2.10. The summed E-state index contributed by atoms with van der Waals surface area (Å²) in [5, 5.41) is 4.18. The Hall–Kier alpha value is -1.47. The molecule has 0 unspecified atom stereocenters. The molecule has 0 amide bonds. The van der Waals surface area contributed by atoms with E-state index in [0.29, 0.717) is 0 Å². The van der Waals surface area contributed by atoms with Gasteiger partial charge < -0.3 is 5.32 Å². The van der Waals surface area contributed by atoms with Gasteiger partial charge in [-0.3, -0.25) is 0 Å². The van der Waals surface area contributed by atoms with Crippen molar-refractivity contribution in [3.8, 4) is 0 Å². The van der Waals surface area contributed by atoms with Crippen LogP contribution in [0.2, 0.25) is 5.02 Å². The molecular weight excluding hydrogens is 230 g/mol. The molecule has 2 heteroatoms. The molecule has 0 atom stereocenters. The molecular formula is C15H16ClN. The molecule has 0 fully saturated rings. The van der Waals surface area contributed by atoms with Crippen molar-refractivity contribution >= 4 is 17.3 Å².